The molecule has 19 atom stereocenters. The maximum absolute atomic E-state index is 16.3. The molecule has 110 heavy (non-hydrogen) atoms. The van der Waals surface area contributed by atoms with Gasteiger partial charge in [-0.05, 0) is 196 Å². The lowest BCUT2D eigenvalue weighted by Gasteiger charge is -2.54. The summed E-state index contributed by atoms with van der Waals surface area (Å²) in [6.07, 6.45) is -16.4. The number of benzene rings is 5. The minimum Gasteiger partial charge on any atom is -0.508 e. The molecule has 17 rings (SSSR count). The van der Waals surface area contributed by atoms with E-state index in [0.717, 1.165) is 50.3 Å². The molecule has 6 fully saturated rings. The zero-order valence-corrected chi connectivity index (χ0v) is 61.6. The van der Waals surface area contributed by atoms with Crippen LogP contribution in [-0.4, -0.2) is 180 Å². The molecule has 32 nitrogen and oxygen atoms in total. The number of carbonyl (C=O) groups is 8. The van der Waals surface area contributed by atoms with E-state index in [-0.39, 0.29) is 109 Å². The standard InChI is InChI=1S/C77H91ClN10O22/c1-28(2)13-44(81-6)69(98)87-58-60(92)34-8-11-47-41(21-34)62(94)66-63(95)64(96)67(108-52-27-77(5,80)68(97)30(4)105-52)76(110-66)109-65-49(106-47)23-38-24-50(65)107-48-12-9-35(22-43(48)78)61(93)59-75(104)86-57(73(102)83-54-36-16-31-15-32(18-36)19-37(54)17-31)42-25-39(89)14-29(3)53(42)40-20-33(7-10-46(40)90)55(71(100)88-59)85-72(101)56(38)84-70(99)45(26-51(79)91)82-74(58)103/h7-12,14,20-25,28,30-32,36-37,44-45,52,54-64,66-68,76,81,89-90,92-97H,13,15-19,26-27,80H2,1-6H3,(H2,79,91)(H,82,103)(H,83,102)(H,84,99)(H,85,101)(H,86,104)(H,87,98)(H,88,100)/t30-,31?,32?,36?,37?,44+,45-,52-,54?,55+,56+,57-,58+,59-,60+,61+,62?,63-,64-,66+,67+,68+,76+,77-/m0/s1. The smallest absolute Gasteiger partial charge is 0.248 e. The van der Waals surface area contributed by atoms with Gasteiger partial charge in [-0.2, -0.15) is 0 Å². The molecular weight excluding hydrogens is 1450 g/mol. The normalized spacial score (nSPS) is 34.0. The van der Waals surface area contributed by atoms with Crippen LogP contribution in [0.5, 0.6) is 40.2 Å². The van der Waals surface area contributed by atoms with Crippen molar-refractivity contribution in [1.82, 2.24) is 42.5 Å². The Kier molecular flexibility index (Phi) is 21.4. The molecule has 4 aliphatic carbocycles. The lowest BCUT2D eigenvalue weighted by Crippen LogP contribution is -2.64. The van der Waals surface area contributed by atoms with Crippen LogP contribution < -0.4 is 68.2 Å². The van der Waals surface area contributed by atoms with Crippen LogP contribution >= 0.6 is 11.6 Å². The number of halogens is 1. The van der Waals surface area contributed by atoms with Gasteiger partial charge in [0.15, 0.2) is 23.9 Å². The number of hydrogen-bond acceptors (Lipinski definition) is 24. The number of carbonyl (C=O) groups excluding carboxylic acids is 8. The van der Waals surface area contributed by atoms with Crippen LogP contribution in [0.15, 0.2) is 78.9 Å². The van der Waals surface area contributed by atoms with E-state index in [2.05, 4.69) is 42.5 Å². The molecule has 8 amide bonds. The minimum absolute atomic E-state index is 0.0239. The van der Waals surface area contributed by atoms with Gasteiger partial charge in [0.25, 0.3) is 0 Å². The van der Waals surface area contributed by atoms with E-state index in [1.54, 1.807) is 6.92 Å². The number of fused-ring (bicyclic) bond motifs is 16. The molecule has 20 N–H and O–H groups in total. The SMILES string of the molecule is CN[C@H](CC(C)C)C(=O)N[C@H]1C(=O)N[C@@H](CC(N)=O)C(=O)N[C@H]2C(=O)N[C@H]3C(=O)N[C@H](C(=O)N[C@H](C(=O)NC4C5CC6CC(C5)CC4C6)c4cc(O)cc(C)c4-c4cc3ccc4O)[C@H](O)c3ccc(c(Cl)c3)Oc3cc2cc2c3O[C@@H]3O[C@H](C(O)c4cc(ccc4O2)[C@H]1O)[C@@H](O)[C@H](O)[C@H]3O[C@H]1C[C@](C)(N)[C@H](O)[C@H](C)O1. The Morgan fingerprint density at radius 1 is 0.682 bits per heavy atom. The topological polar surface area (TPSA) is 502 Å². The predicted octanol–water partition coefficient (Wildman–Crippen LogP) is 1.97. The number of phenolic OH excluding ortho intramolecular Hbond substituents is 2. The first-order valence-corrected chi connectivity index (χ1v) is 37.3. The molecule has 5 aromatic rings. The van der Waals surface area contributed by atoms with Gasteiger partial charge < -0.3 is 123 Å². The highest BCUT2D eigenvalue weighted by atomic mass is 35.5. The first-order chi connectivity index (χ1) is 52.2. The molecule has 0 aromatic heterocycles. The van der Waals surface area contributed by atoms with Crippen molar-refractivity contribution in [3.8, 4) is 51.4 Å². The number of aromatic hydroxyl groups is 2. The zero-order valence-electron chi connectivity index (χ0n) is 60.8. The summed E-state index contributed by atoms with van der Waals surface area (Å²) in [6, 6.07) is 2.24. The number of rotatable bonds is 11. The number of aryl methyl sites for hydroxylation is 1. The molecule has 588 valence electrons. The number of ether oxygens (including phenoxy) is 6. The summed E-state index contributed by atoms with van der Waals surface area (Å²) in [7, 11) is 1.48. The van der Waals surface area contributed by atoms with E-state index >= 15 is 28.8 Å². The van der Waals surface area contributed by atoms with E-state index in [1.807, 2.05) is 13.8 Å². The van der Waals surface area contributed by atoms with E-state index < -0.39 is 192 Å². The molecule has 12 aliphatic rings. The summed E-state index contributed by atoms with van der Waals surface area (Å²) < 4.78 is 39.4. The fraction of sp³-hybridized carbons (Fsp3) is 0.506. The molecule has 8 aliphatic heterocycles. The van der Waals surface area contributed by atoms with Crippen LogP contribution in [0.25, 0.3) is 11.1 Å². The Morgan fingerprint density at radius 2 is 1.32 bits per heavy atom. The largest absolute Gasteiger partial charge is 0.508 e. The molecule has 33 heteroatoms. The number of hydrogen-bond donors (Lipinski definition) is 18. The summed E-state index contributed by atoms with van der Waals surface area (Å²) in [5.41, 5.74) is 10.0. The highest BCUT2D eigenvalue weighted by Gasteiger charge is 2.55. The van der Waals surface area contributed by atoms with Crippen molar-refractivity contribution < 1.29 is 108 Å². The van der Waals surface area contributed by atoms with Crippen LogP contribution in [0.3, 0.4) is 0 Å². The van der Waals surface area contributed by atoms with Gasteiger partial charge in [-0.3, -0.25) is 38.4 Å². The Labute approximate surface area is 635 Å². The van der Waals surface area contributed by atoms with Crippen LogP contribution in [0, 0.1) is 36.5 Å². The molecule has 4 saturated carbocycles. The average molecular weight is 1540 g/mol. The van der Waals surface area contributed by atoms with Crippen molar-refractivity contribution in [2.24, 2.45) is 41.1 Å². The first kappa shape index (κ1) is 77.4. The highest BCUT2D eigenvalue weighted by Crippen LogP contribution is 2.55. The minimum atomic E-state index is -2.26. The first-order valence-electron chi connectivity index (χ1n) is 36.9. The van der Waals surface area contributed by atoms with Crippen molar-refractivity contribution in [2.45, 2.75) is 207 Å². The Balaban J connectivity index is 0.972. The third-order valence-electron chi connectivity index (χ3n) is 23.0. The van der Waals surface area contributed by atoms with Gasteiger partial charge in [0.2, 0.25) is 59.3 Å². The maximum Gasteiger partial charge on any atom is 0.248 e. The van der Waals surface area contributed by atoms with Crippen molar-refractivity contribution in [3.63, 3.8) is 0 Å². The number of amides is 8. The molecule has 8 heterocycles. The van der Waals surface area contributed by atoms with Gasteiger partial charge in [-0.1, -0.05) is 43.6 Å². The fourth-order valence-corrected chi connectivity index (χ4v) is 17.9. The molecule has 0 spiro atoms. The van der Waals surface area contributed by atoms with Gasteiger partial charge in [-0.15, -0.1) is 0 Å². The van der Waals surface area contributed by atoms with Gasteiger partial charge in [0.1, 0.15) is 95.9 Å². The van der Waals surface area contributed by atoms with Crippen molar-refractivity contribution >= 4 is 58.9 Å². The number of phenols is 2. The Hall–Kier alpha value is -9.29. The molecule has 2 saturated heterocycles. The average Bonchev–Trinajstić information content (AvgIpc) is 0.758. The Bertz CT molecular complexity index is 4480. The quantitative estimate of drug-likeness (QED) is 0.0899. The number of primary amides is 1. The van der Waals surface area contributed by atoms with Crippen molar-refractivity contribution in [3.05, 3.63) is 123 Å². The lowest BCUT2D eigenvalue weighted by atomic mass is 9.54. The molecule has 18 bridgehead atoms. The van der Waals surface area contributed by atoms with Gasteiger partial charge in [0.05, 0.1) is 29.7 Å². The third-order valence-corrected chi connectivity index (χ3v) is 23.3. The number of nitrogens with one attached hydrogen (secondary N) is 8. The van der Waals surface area contributed by atoms with Crippen molar-refractivity contribution in [1.29, 1.82) is 0 Å². The predicted molar refractivity (Wildman–Crippen MR) is 387 cm³/mol. The van der Waals surface area contributed by atoms with Crippen LogP contribution in [0.1, 0.15) is 154 Å². The van der Waals surface area contributed by atoms with E-state index in [4.69, 9.17) is 51.5 Å². The number of aliphatic hydroxyl groups excluding tert-OH is 6. The van der Waals surface area contributed by atoms with Gasteiger partial charge in [-0.25, -0.2) is 0 Å². The second kappa shape index (κ2) is 30.4. The summed E-state index contributed by atoms with van der Waals surface area (Å²) >= 11 is 7.24. The molecule has 1 unspecified atom stereocenters. The van der Waals surface area contributed by atoms with E-state index in [0.29, 0.717) is 11.8 Å². The molecule has 0 radical (unpaired) electrons. The number of nitrogens with two attached hydrogens (primary N) is 2. The summed E-state index contributed by atoms with van der Waals surface area (Å²) in [5.74, 6) is -11.0. The second-order valence-electron chi connectivity index (χ2n) is 31.4. The van der Waals surface area contributed by atoms with Crippen molar-refractivity contribution in [2.75, 3.05) is 7.05 Å². The lowest BCUT2D eigenvalue weighted by molar-refractivity contribution is -0.339. The summed E-state index contributed by atoms with van der Waals surface area (Å²) in [6.45, 7) is 8.29. The monoisotopic (exact) mass is 1540 g/mol. The van der Waals surface area contributed by atoms with Crippen LogP contribution in [0.2, 0.25) is 5.02 Å². The second-order valence-corrected chi connectivity index (χ2v) is 31.8. The Morgan fingerprint density at radius 3 is 1.97 bits per heavy atom. The van der Waals surface area contributed by atoms with Crippen LogP contribution in [-0.2, 0) is 52.6 Å². The zero-order chi connectivity index (χ0) is 78.5. The number of aliphatic hydroxyl groups is 6. The van der Waals surface area contributed by atoms with Gasteiger partial charge >= 0.3 is 0 Å². The van der Waals surface area contributed by atoms with Crippen LogP contribution in [0.4, 0.5) is 0 Å². The maximum atomic E-state index is 16.3. The fourth-order valence-electron chi connectivity index (χ4n) is 17.7. The van der Waals surface area contributed by atoms with E-state index in [1.165, 1.54) is 81.6 Å². The molecular formula is C77H91ClN10O22. The number of likely N-dealkylation sites (N-methyl/N-ethyl adjacent to an activating group) is 1. The third kappa shape index (κ3) is 15.0. The van der Waals surface area contributed by atoms with Gasteiger partial charge in [0, 0.05) is 29.1 Å². The summed E-state index contributed by atoms with van der Waals surface area (Å²) in [4.78, 5) is 122. The highest BCUT2D eigenvalue weighted by molar-refractivity contribution is 6.32. The molecule has 5 aromatic carbocycles. The summed E-state index contributed by atoms with van der Waals surface area (Å²) in [5, 5.41) is 119. The van der Waals surface area contributed by atoms with E-state index in [9.17, 15) is 50.4 Å².